The largest absolute Gasteiger partial charge is 0.350 e. The molecular formula is C23H12Cl5N3O3. The number of imide groups is 1. The molecule has 3 aromatic rings. The Labute approximate surface area is 219 Å². The van der Waals surface area contributed by atoms with Crippen LogP contribution in [-0.4, -0.2) is 17.7 Å². The maximum Gasteiger partial charge on any atom is 0.283 e. The Balaban J connectivity index is 1.56. The predicted octanol–water partition coefficient (Wildman–Crippen LogP) is 6.99. The molecule has 6 nitrogen and oxygen atoms in total. The number of hydrogen-bond donors (Lipinski definition) is 2. The zero-order chi connectivity index (χ0) is 24.6. The normalized spacial score (nSPS) is 13.5. The fraction of sp³-hybridized carbons (Fsp3) is 0. The third kappa shape index (κ3) is 4.73. The second-order valence-electron chi connectivity index (χ2n) is 6.99. The highest BCUT2D eigenvalue weighted by Crippen LogP contribution is 2.37. The molecule has 4 rings (SSSR count). The van der Waals surface area contributed by atoms with Crippen LogP contribution >= 0.6 is 58.0 Å². The van der Waals surface area contributed by atoms with E-state index in [0.717, 1.165) is 4.90 Å². The zero-order valence-electron chi connectivity index (χ0n) is 16.8. The highest BCUT2D eigenvalue weighted by Gasteiger charge is 2.40. The SMILES string of the molecule is O=C(Nc1ccc(Cl)cc1Cl)c1cccc(NC2=C(Cl)C(=O)N(c3cccc(Cl)c3Cl)C2=O)c1. The molecule has 0 fully saturated rings. The highest BCUT2D eigenvalue weighted by atomic mass is 35.5. The van der Waals surface area contributed by atoms with Crippen LogP contribution in [-0.2, 0) is 9.59 Å². The van der Waals surface area contributed by atoms with Gasteiger partial charge in [-0.3, -0.25) is 14.4 Å². The quantitative estimate of drug-likeness (QED) is 0.333. The van der Waals surface area contributed by atoms with E-state index in [-0.39, 0.29) is 37.0 Å². The predicted molar refractivity (Wildman–Crippen MR) is 136 cm³/mol. The molecule has 1 aliphatic heterocycles. The van der Waals surface area contributed by atoms with E-state index in [1.54, 1.807) is 36.4 Å². The van der Waals surface area contributed by atoms with Gasteiger partial charge >= 0.3 is 0 Å². The van der Waals surface area contributed by atoms with Crippen molar-refractivity contribution in [1.29, 1.82) is 0 Å². The fourth-order valence-corrected chi connectivity index (χ4v) is 4.21. The van der Waals surface area contributed by atoms with Gasteiger partial charge in [-0.2, -0.15) is 0 Å². The Morgan fingerprint density at radius 1 is 0.794 bits per heavy atom. The Morgan fingerprint density at radius 2 is 1.53 bits per heavy atom. The van der Waals surface area contributed by atoms with Crippen LogP contribution in [0.25, 0.3) is 0 Å². The van der Waals surface area contributed by atoms with Crippen LogP contribution in [0.3, 0.4) is 0 Å². The van der Waals surface area contributed by atoms with E-state index in [4.69, 9.17) is 58.0 Å². The molecule has 0 radical (unpaired) electrons. The lowest BCUT2D eigenvalue weighted by atomic mass is 10.1. The van der Waals surface area contributed by atoms with E-state index >= 15 is 0 Å². The molecule has 2 N–H and O–H groups in total. The number of hydrogen-bond acceptors (Lipinski definition) is 4. The van der Waals surface area contributed by atoms with Crippen LogP contribution in [0, 0.1) is 0 Å². The first-order chi connectivity index (χ1) is 16.2. The lowest BCUT2D eigenvalue weighted by molar-refractivity contribution is -0.120. The molecule has 34 heavy (non-hydrogen) atoms. The smallest absolute Gasteiger partial charge is 0.283 e. The number of carbonyl (C=O) groups is 3. The summed E-state index contributed by atoms with van der Waals surface area (Å²) in [5.74, 6) is -1.93. The number of benzene rings is 3. The number of anilines is 3. The number of halogens is 5. The number of nitrogens with one attached hydrogen (secondary N) is 2. The summed E-state index contributed by atoms with van der Waals surface area (Å²) in [6.07, 6.45) is 0. The van der Waals surface area contributed by atoms with Crippen LogP contribution in [0.4, 0.5) is 17.1 Å². The molecule has 1 aliphatic rings. The minimum atomic E-state index is -0.760. The van der Waals surface area contributed by atoms with Gasteiger partial charge in [0.15, 0.2) is 0 Å². The first-order valence-electron chi connectivity index (χ1n) is 9.53. The van der Waals surface area contributed by atoms with Crippen LogP contribution in [0.2, 0.25) is 20.1 Å². The second kappa shape index (κ2) is 9.86. The van der Waals surface area contributed by atoms with E-state index in [1.807, 2.05) is 0 Å². The molecule has 3 amide bonds. The number of carbonyl (C=O) groups excluding carboxylic acids is 3. The van der Waals surface area contributed by atoms with Crippen LogP contribution < -0.4 is 15.5 Å². The highest BCUT2D eigenvalue weighted by molar-refractivity contribution is 6.54. The Hall–Kier alpha value is -2.74. The first-order valence-corrected chi connectivity index (χ1v) is 11.4. The lowest BCUT2D eigenvalue weighted by Crippen LogP contribution is -2.32. The fourth-order valence-electron chi connectivity index (χ4n) is 3.16. The third-order valence-corrected chi connectivity index (χ3v) is 6.48. The van der Waals surface area contributed by atoms with E-state index < -0.39 is 17.7 Å². The molecule has 0 saturated heterocycles. The van der Waals surface area contributed by atoms with Crippen molar-refractivity contribution in [1.82, 2.24) is 0 Å². The molecule has 0 aliphatic carbocycles. The zero-order valence-corrected chi connectivity index (χ0v) is 20.6. The Kier molecular flexibility index (Phi) is 7.07. The van der Waals surface area contributed by atoms with Gasteiger partial charge in [0.25, 0.3) is 17.7 Å². The summed E-state index contributed by atoms with van der Waals surface area (Å²) >= 11 is 30.4. The van der Waals surface area contributed by atoms with Crippen molar-refractivity contribution < 1.29 is 14.4 Å². The average molecular weight is 556 g/mol. The summed E-state index contributed by atoms with van der Waals surface area (Å²) in [5.41, 5.74) is 0.932. The molecule has 11 heteroatoms. The summed E-state index contributed by atoms with van der Waals surface area (Å²) in [6, 6.07) is 15.5. The average Bonchev–Trinajstić information content (AvgIpc) is 3.01. The molecule has 3 aromatic carbocycles. The van der Waals surface area contributed by atoms with Crippen LogP contribution in [0.15, 0.2) is 71.4 Å². The van der Waals surface area contributed by atoms with Gasteiger partial charge in [-0.05, 0) is 48.5 Å². The second-order valence-corrected chi connectivity index (χ2v) is 9.00. The van der Waals surface area contributed by atoms with Gasteiger partial charge in [0, 0.05) is 16.3 Å². The van der Waals surface area contributed by atoms with Crippen molar-refractivity contribution in [2.75, 3.05) is 15.5 Å². The van der Waals surface area contributed by atoms with Gasteiger partial charge in [0.05, 0.1) is 26.4 Å². The molecule has 0 unspecified atom stereocenters. The van der Waals surface area contributed by atoms with Gasteiger partial charge in [-0.15, -0.1) is 0 Å². The molecule has 0 bridgehead atoms. The van der Waals surface area contributed by atoms with Crippen molar-refractivity contribution in [2.45, 2.75) is 0 Å². The van der Waals surface area contributed by atoms with Gasteiger partial charge in [-0.25, -0.2) is 4.90 Å². The van der Waals surface area contributed by atoms with E-state index in [0.29, 0.717) is 16.4 Å². The summed E-state index contributed by atoms with van der Waals surface area (Å²) in [6.45, 7) is 0. The van der Waals surface area contributed by atoms with E-state index in [9.17, 15) is 14.4 Å². The van der Waals surface area contributed by atoms with Crippen molar-refractivity contribution in [2.24, 2.45) is 0 Å². The summed E-state index contributed by atoms with van der Waals surface area (Å²) in [7, 11) is 0. The topological polar surface area (TPSA) is 78.5 Å². The minimum Gasteiger partial charge on any atom is -0.350 e. The van der Waals surface area contributed by atoms with Crippen molar-refractivity contribution in [3.63, 3.8) is 0 Å². The maximum atomic E-state index is 13.0. The Bertz CT molecular complexity index is 1390. The molecule has 0 spiro atoms. The molecule has 0 aromatic heterocycles. The summed E-state index contributed by atoms with van der Waals surface area (Å²) in [5, 5.41) is 6.11. The van der Waals surface area contributed by atoms with Gasteiger partial charge in [0.1, 0.15) is 10.7 Å². The third-order valence-electron chi connectivity index (χ3n) is 4.77. The van der Waals surface area contributed by atoms with E-state index in [2.05, 4.69) is 10.6 Å². The minimum absolute atomic E-state index is 0.0381. The van der Waals surface area contributed by atoms with E-state index in [1.165, 1.54) is 24.3 Å². The van der Waals surface area contributed by atoms with Crippen molar-refractivity contribution >= 4 is 92.8 Å². The van der Waals surface area contributed by atoms with Crippen LogP contribution in [0.1, 0.15) is 10.4 Å². The van der Waals surface area contributed by atoms with Gasteiger partial charge < -0.3 is 10.6 Å². The molecule has 1 heterocycles. The summed E-state index contributed by atoms with van der Waals surface area (Å²) < 4.78 is 0. The number of amides is 3. The first kappa shape index (κ1) is 24.4. The van der Waals surface area contributed by atoms with Gasteiger partial charge in [-0.1, -0.05) is 70.1 Å². The van der Waals surface area contributed by atoms with Crippen LogP contribution in [0.5, 0.6) is 0 Å². The standard InChI is InChI=1S/C23H12Cl5N3O3/c24-12-7-8-16(15(26)10-12)30-21(32)11-3-1-4-13(9-11)29-20-19(28)22(33)31(23(20)34)17-6-2-5-14(25)18(17)27/h1-10,29H,(H,30,32). The van der Waals surface area contributed by atoms with Crippen molar-refractivity contribution in [3.8, 4) is 0 Å². The molecule has 0 atom stereocenters. The monoisotopic (exact) mass is 553 g/mol. The van der Waals surface area contributed by atoms with Crippen molar-refractivity contribution in [3.05, 3.63) is 97.0 Å². The lowest BCUT2D eigenvalue weighted by Gasteiger charge is -2.17. The molecule has 172 valence electrons. The maximum absolute atomic E-state index is 13.0. The van der Waals surface area contributed by atoms with Gasteiger partial charge in [0.2, 0.25) is 0 Å². The molecular weight excluding hydrogens is 544 g/mol. The Morgan fingerprint density at radius 3 is 2.26 bits per heavy atom. The summed E-state index contributed by atoms with van der Waals surface area (Å²) in [4.78, 5) is 39.2. The number of rotatable bonds is 5. The molecule has 0 saturated carbocycles. The number of nitrogens with zero attached hydrogens (tertiary/aromatic N) is 1.